The van der Waals surface area contributed by atoms with Gasteiger partial charge in [-0.3, -0.25) is 4.79 Å². The molecule has 1 amide bonds. The molecule has 0 radical (unpaired) electrons. The van der Waals surface area contributed by atoms with E-state index in [4.69, 9.17) is 14.5 Å². The van der Waals surface area contributed by atoms with Crippen LogP contribution in [0.4, 0.5) is 0 Å². The third kappa shape index (κ3) is 4.34. The highest BCUT2D eigenvalue weighted by molar-refractivity contribution is 7.17. The van der Waals surface area contributed by atoms with Gasteiger partial charge in [-0.25, -0.2) is 9.97 Å². The summed E-state index contributed by atoms with van der Waals surface area (Å²) in [7, 11) is 3.21. The smallest absolute Gasteiger partial charge is 0.263 e. The molecule has 1 aliphatic carbocycles. The van der Waals surface area contributed by atoms with Crippen LogP contribution in [-0.2, 0) is 19.3 Å². The number of thiazole rings is 2. The second-order valence-corrected chi connectivity index (χ2v) is 9.36. The first kappa shape index (κ1) is 20.8. The van der Waals surface area contributed by atoms with Crippen LogP contribution in [0, 0.1) is 6.92 Å². The van der Waals surface area contributed by atoms with Gasteiger partial charge in [-0.2, -0.15) is 0 Å². The highest BCUT2D eigenvalue weighted by atomic mass is 32.1. The van der Waals surface area contributed by atoms with Gasteiger partial charge >= 0.3 is 0 Å². The number of hydrogen-bond acceptors (Lipinski definition) is 7. The van der Waals surface area contributed by atoms with Gasteiger partial charge in [-0.15, -0.1) is 22.7 Å². The van der Waals surface area contributed by atoms with E-state index in [2.05, 4.69) is 10.3 Å². The molecule has 30 heavy (non-hydrogen) atoms. The van der Waals surface area contributed by atoms with E-state index in [-0.39, 0.29) is 5.91 Å². The van der Waals surface area contributed by atoms with Gasteiger partial charge in [0, 0.05) is 23.4 Å². The topological polar surface area (TPSA) is 73.3 Å². The zero-order chi connectivity index (χ0) is 21.1. The fourth-order valence-corrected chi connectivity index (χ4v) is 5.71. The number of carbonyl (C=O) groups is 1. The van der Waals surface area contributed by atoms with E-state index in [0.29, 0.717) is 22.9 Å². The molecule has 0 atom stereocenters. The lowest BCUT2D eigenvalue weighted by Gasteiger charge is -2.08. The van der Waals surface area contributed by atoms with Crippen LogP contribution in [0.5, 0.6) is 11.5 Å². The van der Waals surface area contributed by atoms with Gasteiger partial charge < -0.3 is 14.8 Å². The van der Waals surface area contributed by atoms with E-state index in [1.54, 1.807) is 25.6 Å². The van der Waals surface area contributed by atoms with E-state index in [1.165, 1.54) is 34.7 Å². The van der Waals surface area contributed by atoms with Crippen molar-refractivity contribution in [2.45, 2.75) is 39.0 Å². The third-order valence-electron chi connectivity index (χ3n) is 5.15. The minimum atomic E-state index is -0.0851. The number of benzene rings is 1. The van der Waals surface area contributed by atoms with E-state index in [9.17, 15) is 4.79 Å². The van der Waals surface area contributed by atoms with Crippen molar-refractivity contribution in [3.63, 3.8) is 0 Å². The van der Waals surface area contributed by atoms with Crippen molar-refractivity contribution in [2.24, 2.45) is 0 Å². The minimum Gasteiger partial charge on any atom is -0.493 e. The molecule has 0 aliphatic heterocycles. The lowest BCUT2D eigenvalue weighted by atomic mass is 10.0. The van der Waals surface area contributed by atoms with E-state index in [1.807, 2.05) is 25.1 Å². The predicted molar refractivity (Wildman–Crippen MR) is 120 cm³/mol. The molecule has 3 aromatic rings. The highest BCUT2D eigenvalue weighted by Crippen LogP contribution is 2.35. The van der Waals surface area contributed by atoms with Gasteiger partial charge in [0.1, 0.15) is 9.88 Å². The number of methoxy groups -OCH3 is 2. The molecule has 2 aromatic heterocycles. The molecule has 6 nitrogen and oxygen atoms in total. The van der Waals surface area contributed by atoms with Gasteiger partial charge in [0.15, 0.2) is 11.5 Å². The van der Waals surface area contributed by atoms with Crippen molar-refractivity contribution in [3.8, 4) is 22.1 Å². The number of aryl methyl sites for hydroxylation is 3. The van der Waals surface area contributed by atoms with Crippen molar-refractivity contribution in [3.05, 3.63) is 44.3 Å². The second-order valence-electron chi connectivity index (χ2n) is 7.19. The van der Waals surface area contributed by atoms with Crippen LogP contribution in [0.25, 0.3) is 10.6 Å². The lowest BCUT2D eigenvalue weighted by molar-refractivity contribution is 0.0957. The Labute approximate surface area is 184 Å². The SMILES string of the molecule is COc1ccc(-c2nc(C)c(C(=O)NCCc3nc4c(s3)CCCC4)s2)cc1OC. The molecule has 1 aromatic carbocycles. The molecule has 0 saturated carbocycles. The molecule has 4 rings (SSSR count). The molecule has 2 heterocycles. The van der Waals surface area contributed by atoms with E-state index >= 15 is 0 Å². The average molecular weight is 444 g/mol. The van der Waals surface area contributed by atoms with Crippen LogP contribution in [0.1, 0.15) is 43.8 Å². The Balaban J connectivity index is 1.41. The molecular weight excluding hydrogens is 418 g/mol. The first-order chi connectivity index (χ1) is 14.6. The number of fused-ring (bicyclic) bond motifs is 1. The third-order valence-corrected chi connectivity index (χ3v) is 7.57. The van der Waals surface area contributed by atoms with Gasteiger partial charge in [0.25, 0.3) is 5.91 Å². The molecule has 1 N–H and O–H groups in total. The summed E-state index contributed by atoms with van der Waals surface area (Å²) >= 11 is 3.19. The molecule has 0 unspecified atom stereocenters. The van der Waals surface area contributed by atoms with Crippen LogP contribution >= 0.6 is 22.7 Å². The Hall–Kier alpha value is -2.45. The molecule has 0 fully saturated rings. The fraction of sp³-hybridized carbons (Fsp3) is 0.409. The van der Waals surface area contributed by atoms with Gasteiger partial charge in [-0.1, -0.05) is 0 Å². The zero-order valence-corrected chi connectivity index (χ0v) is 19.0. The maximum Gasteiger partial charge on any atom is 0.263 e. The summed E-state index contributed by atoms with van der Waals surface area (Å²) in [5, 5.41) is 4.93. The number of rotatable bonds is 7. The number of amides is 1. The number of aromatic nitrogens is 2. The lowest BCUT2D eigenvalue weighted by Crippen LogP contribution is -2.25. The molecule has 158 valence electrons. The average Bonchev–Trinajstić information content (AvgIpc) is 3.36. The maximum absolute atomic E-state index is 12.7. The Kier molecular flexibility index (Phi) is 6.34. The number of nitrogens with one attached hydrogen (secondary N) is 1. The first-order valence-corrected chi connectivity index (χ1v) is 11.7. The monoisotopic (exact) mass is 443 g/mol. The van der Waals surface area contributed by atoms with Crippen molar-refractivity contribution < 1.29 is 14.3 Å². The Morgan fingerprint density at radius 2 is 1.90 bits per heavy atom. The van der Waals surface area contributed by atoms with Crippen LogP contribution < -0.4 is 14.8 Å². The standard InChI is InChI=1S/C22H25N3O3S2/c1-13-20(30-22(24-13)14-8-9-16(27-2)17(12-14)28-3)21(26)23-11-10-19-25-15-6-4-5-7-18(15)29-19/h8-9,12H,4-7,10-11H2,1-3H3,(H,23,26). The summed E-state index contributed by atoms with van der Waals surface area (Å²) in [5.74, 6) is 1.22. The van der Waals surface area contributed by atoms with Crippen molar-refractivity contribution in [1.82, 2.24) is 15.3 Å². The summed E-state index contributed by atoms with van der Waals surface area (Å²) in [6.45, 7) is 2.44. The Morgan fingerprint density at radius 3 is 2.67 bits per heavy atom. The van der Waals surface area contributed by atoms with Crippen LogP contribution in [0.15, 0.2) is 18.2 Å². The highest BCUT2D eigenvalue weighted by Gasteiger charge is 2.18. The van der Waals surface area contributed by atoms with Crippen LogP contribution in [0.3, 0.4) is 0 Å². The summed E-state index contributed by atoms with van der Waals surface area (Å²) in [6, 6.07) is 5.65. The van der Waals surface area contributed by atoms with Crippen molar-refractivity contribution in [1.29, 1.82) is 0 Å². The van der Waals surface area contributed by atoms with Crippen molar-refractivity contribution >= 4 is 28.6 Å². The van der Waals surface area contributed by atoms with Gasteiger partial charge in [0.05, 0.1) is 30.6 Å². The molecule has 1 aliphatic rings. The molecular formula is C22H25N3O3S2. The quantitative estimate of drug-likeness (QED) is 0.584. The molecule has 0 spiro atoms. The minimum absolute atomic E-state index is 0.0851. The summed E-state index contributed by atoms with van der Waals surface area (Å²) in [4.78, 5) is 24.1. The Morgan fingerprint density at radius 1 is 1.10 bits per heavy atom. The zero-order valence-electron chi connectivity index (χ0n) is 17.4. The van der Waals surface area contributed by atoms with Crippen LogP contribution in [0.2, 0.25) is 0 Å². The van der Waals surface area contributed by atoms with Gasteiger partial charge in [0.2, 0.25) is 0 Å². The predicted octanol–water partition coefficient (Wildman–Crippen LogP) is 4.44. The van der Waals surface area contributed by atoms with Crippen LogP contribution in [-0.4, -0.2) is 36.6 Å². The largest absolute Gasteiger partial charge is 0.493 e. The van der Waals surface area contributed by atoms with Gasteiger partial charge in [-0.05, 0) is 50.8 Å². The fourth-order valence-electron chi connectivity index (χ4n) is 3.58. The normalized spacial score (nSPS) is 13.0. The molecule has 0 saturated heterocycles. The number of hydrogen-bond donors (Lipinski definition) is 1. The molecule has 8 heteroatoms. The number of nitrogens with zero attached hydrogens (tertiary/aromatic N) is 2. The summed E-state index contributed by atoms with van der Waals surface area (Å²) in [5.41, 5.74) is 2.89. The second kappa shape index (κ2) is 9.14. The summed E-state index contributed by atoms with van der Waals surface area (Å²) < 4.78 is 10.7. The maximum atomic E-state index is 12.7. The Bertz CT molecular complexity index is 1030. The van der Waals surface area contributed by atoms with Crippen molar-refractivity contribution in [2.75, 3.05) is 20.8 Å². The van der Waals surface area contributed by atoms with E-state index < -0.39 is 0 Å². The number of ether oxygens (including phenoxy) is 2. The molecule has 0 bridgehead atoms. The van der Waals surface area contributed by atoms with E-state index in [0.717, 1.165) is 40.5 Å². The first-order valence-electron chi connectivity index (χ1n) is 10.0. The summed E-state index contributed by atoms with van der Waals surface area (Å²) in [6.07, 6.45) is 5.51. The number of carbonyl (C=O) groups excluding carboxylic acids is 1.